The van der Waals surface area contributed by atoms with E-state index in [1.807, 2.05) is 0 Å². The molecule has 0 fully saturated rings. The van der Waals surface area contributed by atoms with Gasteiger partial charge in [0, 0.05) is 12.6 Å². The average molecular weight is 287 g/mol. The van der Waals surface area contributed by atoms with Gasteiger partial charge in [0.15, 0.2) is 23.3 Å². The SMILES string of the molecule is CCn1c(C(=O)O)ccc1-c1c(F)c(F)cc(F)c1F. The van der Waals surface area contributed by atoms with Crippen LogP contribution in [-0.4, -0.2) is 15.6 Å². The largest absolute Gasteiger partial charge is 0.477 e. The van der Waals surface area contributed by atoms with E-state index >= 15 is 0 Å². The van der Waals surface area contributed by atoms with Crippen LogP contribution in [0.3, 0.4) is 0 Å². The Morgan fingerprint density at radius 1 is 1.15 bits per heavy atom. The Labute approximate surface area is 111 Å². The van der Waals surface area contributed by atoms with Crippen molar-refractivity contribution < 1.29 is 27.5 Å². The van der Waals surface area contributed by atoms with Crippen molar-refractivity contribution in [2.75, 3.05) is 0 Å². The van der Waals surface area contributed by atoms with Crippen LogP contribution in [0.15, 0.2) is 18.2 Å². The lowest BCUT2D eigenvalue weighted by Gasteiger charge is -2.11. The predicted octanol–water partition coefficient (Wildman–Crippen LogP) is 3.43. The zero-order valence-electron chi connectivity index (χ0n) is 10.3. The molecule has 0 aliphatic heterocycles. The maximum Gasteiger partial charge on any atom is 0.352 e. The minimum Gasteiger partial charge on any atom is -0.477 e. The van der Waals surface area contributed by atoms with Crippen molar-refractivity contribution in [2.45, 2.75) is 13.5 Å². The molecule has 1 N–H and O–H groups in total. The van der Waals surface area contributed by atoms with E-state index in [1.54, 1.807) is 6.92 Å². The van der Waals surface area contributed by atoms with Gasteiger partial charge >= 0.3 is 5.97 Å². The molecule has 2 rings (SSSR count). The van der Waals surface area contributed by atoms with Gasteiger partial charge in [-0.25, -0.2) is 22.4 Å². The van der Waals surface area contributed by atoms with Crippen molar-refractivity contribution >= 4 is 5.97 Å². The van der Waals surface area contributed by atoms with Crippen molar-refractivity contribution in [3.8, 4) is 11.3 Å². The molecule has 0 aliphatic rings. The number of benzene rings is 1. The van der Waals surface area contributed by atoms with E-state index < -0.39 is 34.8 Å². The molecular weight excluding hydrogens is 278 g/mol. The Kier molecular flexibility index (Phi) is 3.52. The zero-order chi connectivity index (χ0) is 15.0. The minimum absolute atomic E-state index is 0.0704. The highest BCUT2D eigenvalue weighted by Crippen LogP contribution is 2.31. The number of nitrogens with zero attached hydrogens (tertiary/aromatic N) is 1. The molecule has 0 saturated carbocycles. The van der Waals surface area contributed by atoms with Gasteiger partial charge in [0.1, 0.15) is 5.69 Å². The lowest BCUT2D eigenvalue weighted by Crippen LogP contribution is -2.10. The number of aromatic carboxylic acids is 1. The molecule has 106 valence electrons. The quantitative estimate of drug-likeness (QED) is 0.694. The average Bonchev–Trinajstić information content (AvgIpc) is 2.80. The molecule has 0 amide bonds. The molecule has 0 bridgehead atoms. The van der Waals surface area contributed by atoms with Crippen LogP contribution in [0.4, 0.5) is 17.6 Å². The highest BCUT2D eigenvalue weighted by atomic mass is 19.2. The molecule has 0 spiro atoms. The van der Waals surface area contributed by atoms with Crippen LogP contribution in [0.25, 0.3) is 11.3 Å². The first-order chi connectivity index (χ1) is 9.38. The second kappa shape index (κ2) is 4.99. The number of carboxylic acid groups (broad SMARTS) is 1. The summed E-state index contributed by atoms with van der Waals surface area (Å²) in [6.45, 7) is 1.61. The van der Waals surface area contributed by atoms with Crippen molar-refractivity contribution in [3.63, 3.8) is 0 Å². The van der Waals surface area contributed by atoms with Gasteiger partial charge in [0.2, 0.25) is 0 Å². The highest BCUT2D eigenvalue weighted by molar-refractivity contribution is 5.87. The molecule has 0 aliphatic carbocycles. The van der Waals surface area contributed by atoms with Crippen LogP contribution in [0.5, 0.6) is 0 Å². The third-order valence-corrected chi connectivity index (χ3v) is 2.88. The number of aromatic nitrogens is 1. The summed E-state index contributed by atoms with van der Waals surface area (Å²) in [6, 6.07) is 2.32. The molecule has 1 aromatic carbocycles. The number of hydrogen-bond donors (Lipinski definition) is 1. The van der Waals surface area contributed by atoms with Gasteiger partial charge in [-0.05, 0) is 19.1 Å². The summed E-state index contributed by atoms with van der Waals surface area (Å²) in [4.78, 5) is 11.0. The predicted molar refractivity (Wildman–Crippen MR) is 62.3 cm³/mol. The summed E-state index contributed by atoms with van der Waals surface area (Å²) in [5.74, 6) is -7.52. The van der Waals surface area contributed by atoms with E-state index in [0.29, 0.717) is 0 Å². The lowest BCUT2D eigenvalue weighted by atomic mass is 10.1. The number of hydrogen-bond acceptors (Lipinski definition) is 1. The van der Waals surface area contributed by atoms with E-state index in [9.17, 15) is 22.4 Å². The summed E-state index contributed by atoms with van der Waals surface area (Å²) >= 11 is 0. The second-order valence-electron chi connectivity index (χ2n) is 4.00. The molecule has 0 atom stereocenters. The van der Waals surface area contributed by atoms with Crippen LogP contribution in [0.1, 0.15) is 17.4 Å². The molecule has 1 heterocycles. The van der Waals surface area contributed by atoms with Crippen molar-refractivity contribution in [3.05, 3.63) is 47.2 Å². The van der Waals surface area contributed by atoms with E-state index in [4.69, 9.17) is 5.11 Å². The topological polar surface area (TPSA) is 42.2 Å². The first-order valence-corrected chi connectivity index (χ1v) is 5.64. The van der Waals surface area contributed by atoms with Gasteiger partial charge in [-0.15, -0.1) is 0 Å². The normalized spacial score (nSPS) is 10.8. The van der Waals surface area contributed by atoms with E-state index in [1.165, 1.54) is 0 Å². The number of carboxylic acids is 1. The van der Waals surface area contributed by atoms with Gasteiger partial charge in [0.25, 0.3) is 0 Å². The fourth-order valence-electron chi connectivity index (χ4n) is 2.01. The summed E-state index contributed by atoms with van der Waals surface area (Å²) in [7, 11) is 0. The molecular formula is C13H9F4NO2. The first kappa shape index (κ1) is 14.1. The van der Waals surface area contributed by atoms with Crippen LogP contribution in [0, 0.1) is 23.3 Å². The van der Waals surface area contributed by atoms with Crippen LogP contribution in [-0.2, 0) is 6.54 Å². The van der Waals surface area contributed by atoms with Crippen molar-refractivity contribution in [2.24, 2.45) is 0 Å². The molecule has 20 heavy (non-hydrogen) atoms. The summed E-state index contributed by atoms with van der Waals surface area (Å²) < 4.78 is 54.9. The maximum absolute atomic E-state index is 13.7. The molecule has 7 heteroatoms. The Morgan fingerprint density at radius 2 is 1.70 bits per heavy atom. The van der Waals surface area contributed by atoms with Gasteiger partial charge in [-0.3, -0.25) is 0 Å². The smallest absolute Gasteiger partial charge is 0.352 e. The van der Waals surface area contributed by atoms with Crippen LogP contribution < -0.4 is 0 Å². The van der Waals surface area contributed by atoms with Gasteiger partial charge in [-0.1, -0.05) is 0 Å². The summed E-state index contributed by atoms with van der Waals surface area (Å²) in [6.07, 6.45) is 0. The standard InChI is InChI=1S/C13H9F4NO2/c1-2-18-8(3-4-9(18)13(19)20)10-11(16)6(14)5-7(15)12(10)17/h3-5H,2H2,1H3,(H,19,20). The fourth-order valence-corrected chi connectivity index (χ4v) is 2.01. The lowest BCUT2D eigenvalue weighted by molar-refractivity contribution is 0.0685. The van der Waals surface area contributed by atoms with Gasteiger partial charge in [-0.2, -0.15) is 0 Å². The van der Waals surface area contributed by atoms with E-state index in [0.717, 1.165) is 16.7 Å². The van der Waals surface area contributed by atoms with Crippen molar-refractivity contribution in [1.82, 2.24) is 4.57 Å². The van der Waals surface area contributed by atoms with E-state index in [-0.39, 0.29) is 24.0 Å². The Hall–Kier alpha value is -2.31. The molecule has 0 unspecified atom stereocenters. The maximum atomic E-state index is 13.7. The highest BCUT2D eigenvalue weighted by Gasteiger charge is 2.24. The Morgan fingerprint density at radius 3 is 2.15 bits per heavy atom. The molecule has 0 radical (unpaired) electrons. The first-order valence-electron chi connectivity index (χ1n) is 5.64. The van der Waals surface area contributed by atoms with Gasteiger partial charge < -0.3 is 9.67 Å². The fraction of sp³-hybridized carbons (Fsp3) is 0.154. The van der Waals surface area contributed by atoms with Gasteiger partial charge in [0.05, 0.1) is 11.3 Å². The van der Waals surface area contributed by atoms with E-state index in [2.05, 4.69) is 0 Å². The van der Waals surface area contributed by atoms with Crippen molar-refractivity contribution in [1.29, 1.82) is 0 Å². The monoisotopic (exact) mass is 287 g/mol. The molecule has 2 aromatic rings. The summed E-state index contributed by atoms with van der Waals surface area (Å²) in [5, 5.41) is 8.95. The number of halogens is 4. The summed E-state index contributed by atoms with van der Waals surface area (Å²) in [5.41, 5.74) is -1.39. The Balaban J connectivity index is 2.79. The molecule has 0 saturated heterocycles. The minimum atomic E-state index is -1.56. The molecule has 3 nitrogen and oxygen atoms in total. The van der Waals surface area contributed by atoms with Crippen LogP contribution in [0.2, 0.25) is 0 Å². The Bertz CT molecular complexity index is 668. The van der Waals surface area contributed by atoms with Crippen LogP contribution >= 0.6 is 0 Å². The molecule has 1 aromatic heterocycles. The third kappa shape index (κ3) is 2.04. The third-order valence-electron chi connectivity index (χ3n) is 2.88. The second-order valence-corrected chi connectivity index (χ2v) is 4.00. The number of rotatable bonds is 3. The number of carbonyl (C=O) groups is 1. The zero-order valence-corrected chi connectivity index (χ0v) is 10.3.